The molecule has 1 heterocycles. The molecule has 0 aromatic carbocycles. The Kier molecular flexibility index (Phi) is 2.39. The summed E-state index contributed by atoms with van der Waals surface area (Å²) in [4.78, 5) is 3.77. The maximum atomic E-state index is 10.6. The highest BCUT2D eigenvalue weighted by molar-refractivity contribution is 7.90. The molecule has 0 saturated carbocycles. The smallest absolute Gasteiger partial charge is 0.297 e. The number of nitrogens with two attached hydrogens (primary N) is 2. The summed E-state index contributed by atoms with van der Waals surface area (Å²) in [5.41, 5.74) is 6.51. The zero-order valence-corrected chi connectivity index (χ0v) is 7.80. The van der Waals surface area contributed by atoms with Gasteiger partial charge in [-0.25, -0.2) is 10.1 Å². The Bertz CT molecular complexity index is 415. The number of hydrogen-bond donors (Lipinski definition) is 3. The lowest BCUT2D eigenvalue weighted by molar-refractivity contribution is 0.602. The predicted molar refractivity (Wildman–Crippen MR) is 50.1 cm³/mol. The van der Waals surface area contributed by atoms with Crippen LogP contribution in [0.1, 0.15) is 5.56 Å². The van der Waals surface area contributed by atoms with Crippen LogP contribution in [0.3, 0.4) is 0 Å². The van der Waals surface area contributed by atoms with Crippen LogP contribution in [0, 0.1) is 6.92 Å². The molecule has 0 atom stereocenters. The maximum Gasteiger partial charge on any atom is 0.297 e. The average molecular weight is 202 g/mol. The van der Waals surface area contributed by atoms with Crippen molar-refractivity contribution >= 4 is 21.7 Å². The first-order chi connectivity index (χ1) is 5.88. The molecule has 72 valence electrons. The second-order valence-corrected chi connectivity index (χ2v) is 3.88. The summed E-state index contributed by atoms with van der Waals surface area (Å²) < 4.78 is 23.3. The topological polar surface area (TPSA) is 111 Å². The largest absolute Gasteiger partial charge is 0.397 e. The first-order valence-corrected chi connectivity index (χ1v) is 4.96. The van der Waals surface area contributed by atoms with E-state index in [0.717, 1.165) is 0 Å². The third-order valence-corrected chi connectivity index (χ3v) is 1.82. The third-order valence-electron chi connectivity index (χ3n) is 1.34. The van der Waals surface area contributed by atoms with Gasteiger partial charge in [0.2, 0.25) is 0 Å². The number of nitrogens with zero attached hydrogens (tertiary/aromatic N) is 1. The molecule has 13 heavy (non-hydrogen) atoms. The summed E-state index contributed by atoms with van der Waals surface area (Å²) in [5.74, 6) is 0.191. The van der Waals surface area contributed by atoms with Gasteiger partial charge in [-0.3, -0.25) is 4.72 Å². The molecule has 1 rings (SSSR count). The van der Waals surface area contributed by atoms with Crippen molar-refractivity contribution < 1.29 is 8.42 Å². The molecule has 6 nitrogen and oxygen atoms in total. The van der Waals surface area contributed by atoms with Crippen molar-refractivity contribution in [2.45, 2.75) is 6.92 Å². The lowest BCUT2D eigenvalue weighted by Crippen LogP contribution is -2.22. The molecular formula is C6H10N4O2S. The van der Waals surface area contributed by atoms with Crippen molar-refractivity contribution in [3.05, 3.63) is 17.8 Å². The van der Waals surface area contributed by atoms with E-state index >= 15 is 0 Å². The predicted octanol–water partition coefficient (Wildman–Crippen LogP) is -0.412. The van der Waals surface area contributed by atoms with Gasteiger partial charge < -0.3 is 5.73 Å². The number of nitrogens with one attached hydrogen (secondary N) is 1. The normalized spacial score (nSPS) is 11.2. The second-order valence-electron chi connectivity index (χ2n) is 2.58. The van der Waals surface area contributed by atoms with E-state index in [1.807, 2.05) is 0 Å². The molecule has 0 amide bonds. The molecular weight excluding hydrogens is 192 g/mol. The molecule has 0 bridgehead atoms. The zero-order valence-electron chi connectivity index (χ0n) is 6.98. The first-order valence-electron chi connectivity index (χ1n) is 3.41. The van der Waals surface area contributed by atoms with Crippen LogP contribution in [0.2, 0.25) is 0 Å². The monoisotopic (exact) mass is 202 g/mol. The minimum atomic E-state index is -3.77. The van der Waals surface area contributed by atoms with Crippen molar-refractivity contribution in [1.82, 2.24) is 4.98 Å². The van der Waals surface area contributed by atoms with E-state index in [2.05, 4.69) is 9.71 Å². The minimum Gasteiger partial charge on any atom is -0.397 e. The minimum absolute atomic E-state index is 0.191. The average Bonchev–Trinajstić information content (AvgIpc) is 1.93. The number of nitrogen functional groups attached to an aromatic ring is 1. The van der Waals surface area contributed by atoms with E-state index in [-0.39, 0.29) is 5.82 Å². The van der Waals surface area contributed by atoms with Gasteiger partial charge in [-0.1, -0.05) is 0 Å². The molecule has 0 saturated heterocycles. The van der Waals surface area contributed by atoms with Crippen LogP contribution in [-0.2, 0) is 10.2 Å². The van der Waals surface area contributed by atoms with Crippen LogP contribution >= 0.6 is 0 Å². The van der Waals surface area contributed by atoms with E-state index < -0.39 is 10.2 Å². The Morgan fingerprint density at radius 2 is 2.15 bits per heavy atom. The highest BCUT2D eigenvalue weighted by Gasteiger charge is 2.05. The van der Waals surface area contributed by atoms with Gasteiger partial charge in [-0.15, -0.1) is 0 Å². The van der Waals surface area contributed by atoms with Gasteiger partial charge in [0.1, 0.15) is 5.82 Å². The highest BCUT2D eigenvalue weighted by atomic mass is 32.2. The van der Waals surface area contributed by atoms with Crippen molar-refractivity contribution in [2.24, 2.45) is 5.14 Å². The van der Waals surface area contributed by atoms with Crippen molar-refractivity contribution in [3.8, 4) is 0 Å². The fraction of sp³-hybridized carbons (Fsp3) is 0.167. The fourth-order valence-corrected chi connectivity index (χ4v) is 1.32. The molecule has 0 unspecified atom stereocenters. The molecule has 0 aliphatic carbocycles. The highest BCUT2D eigenvalue weighted by Crippen LogP contribution is 2.13. The lowest BCUT2D eigenvalue weighted by Gasteiger charge is -2.05. The van der Waals surface area contributed by atoms with Gasteiger partial charge in [0.25, 0.3) is 10.2 Å². The summed E-state index contributed by atoms with van der Waals surface area (Å²) >= 11 is 0. The first kappa shape index (κ1) is 9.75. The van der Waals surface area contributed by atoms with Gasteiger partial charge in [-0.2, -0.15) is 8.42 Å². The van der Waals surface area contributed by atoms with Gasteiger partial charge >= 0.3 is 0 Å². The molecule has 5 N–H and O–H groups in total. The van der Waals surface area contributed by atoms with Crippen molar-refractivity contribution in [3.63, 3.8) is 0 Å². The molecule has 0 radical (unpaired) electrons. The molecule has 0 aliphatic heterocycles. The van der Waals surface area contributed by atoms with Crippen molar-refractivity contribution in [1.29, 1.82) is 0 Å². The van der Waals surface area contributed by atoms with Crippen LogP contribution in [0.5, 0.6) is 0 Å². The van der Waals surface area contributed by atoms with E-state index in [4.69, 9.17) is 10.9 Å². The van der Waals surface area contributed by atoms with Gasteiger partial charge in [0.05, 0.1) is 11.9 Å². The van der Waals surface area contributed by atoms with Gasteiger partial charge in [0.15, 0.2) is 0 Å². The van der Waals surface area contributed by atoms with Crippen LogP contribution in [0.4, 0.5) is 11.5 Å². The molecule has 1 aromatic heterocycles. The standard InChI is InChI=1S/C6H10N4O2S/c1-4-2-5(7)3-9-6(4)10-13(8,11)12/h2-3H,7H2,1H3,(H,9,10)(H2,8,11,12). The van der Waals surface area contributed by atoms with Crippen LogP contribution in [0.25, 0.3) is 0 Å². The Morgan fingerprint density at radius 1 is 1.54 bits per heavy atom. The molecule has 1 aromatic rings. The number of anilines is 2. The zero-order chi connectivity index (χ0) is 10.1. The number of aromatic nitrogens is 1. The lowest BCUT2D eigenvalue weighted by atomic mass is 10.3. The number of rotatable bonds is 2. The summed E-state index contributed by atoms with van der Waals surface area (Å²) in [7, 11) is -3.77. The Morgan fingerprint density at radius 3 is 2.62 bits per heavy atom. The second kappa shape index (κ2) is 3.19. The van der Waals surface area contributed by atoms with Crippen LogP contribution in [-0.4, -0.2) is 13.4 Å². The van der Waals surface area contributed by atoms with Gasteiger partial charge in [0, 0.05) is 0 Å². The van der Waals surface area contributed by atoms with Gasteiger partial charge in [-0.05, 0) is 18.6 Å². The van der Waals surface area contributed by atoms with E-state index in [1.54, 1.807) is 13.0 Å². The van der Waals surface area contributed by atoms with Crippen LogP contribution in [0.15, 0.2) is 12.3 Å². The number of pyridine rings is 1. The Labute approximate surface area is 76.1 Å². The molecule has 0 spiro atoms. The summed E-state index contributed by atoms with van der Waals surface area (Å²) in [6, 6.07) is 1.60. The van der Waals surface area contributed by atoms with E-state index in [9.17, 15) is 8.42 Å². The van der Waals surface area contributed by atoms with Crippen LogP contribution < -0.4 is 15.6 Å². The van der Waals surface area contributed by atoms with Crippen molar-refractivity contribution in [2.75, 3.05) is 10.5 Å². The Hall–Kier alpha value is -1.34. The molecule has 7 heteroatoms. The quantitative estimate of drug-likeness (QED) is 0.605. The van der Waals surface area contributed by atoms with E-state index in [1.165, 1.54) is 6.20 Å². The number of hydrogen-bond acceptors (Lipinski definition) is 4. The maximum absolute atomic E-state index is 10.6. The molecule has 0 aliphatic rings. The summed E-state index contributed by atoms with van der Waals surface area (Å²) in [6.07, 6.45) is 1.35. The summed E-state index contributed by atoms with van der Waals surface area (Å²) in [6.45, 7) is 1.68. The molecule has 0 fully saturated rings. The Balaban J connectivity index is 3.04. The number of aryl methyl sites for hydroxylation is 1. The summed E-state index contributed by atoms with van der Waals surface area (Å²) in [5, 5.41) is 4.76. The fourth-order valence-electron chi connectivity index (χ4n) is 0.838. The third kappa shape index (κ3) is 2.88. The SMILES string of the molecule is Cc1cc(N)cnc1NS(N)(=O)=O. The van der Waals surface area contributed by atoms with E-state index in [0.29, 0.717) is 11.3 Å².